The van der Waals surface area contributed by atoms with Crippen molar-refractivity contribution >= 4 is 38.9 Å². The largest absolute Gasteiger partial charge is 0.326 e. The molecule has 1 amide bonds. The van der Waals surface area contributed by atoms with Gasteiger partial charge in [-0.05, 0) is 61.4 Å². The molecule has 0 bridgehead atoms. The molecule has 2 aromatic rings. The van der Waals surface area contributed by atoms with E-state index in [0.29, 0.717) is 16.4 Å². The molecule has 134 valence electrons. The Morgan fingerprint density at radius 3 is 2.28 bits per heavy atom. The summed E-state index contributed by atoms with van der Waals surface area (Å²) < 4.78 is 25.5. The second kappa shape index (κ2) is 7.89. The number of aryl methyl sites for hydroxylation is 2. The topological polar surface area (TPSA) is 66.5 Å². The van der Waals surface area contributed by atoms with E-state index in [9.17, 15) is 13.2 Å². The number of hydrogen-bond donors (Lipinski definition) is 1. The minimum atomic E-state index is -3.49. The van der Waals surface area contributed by atoms with Gasteiger partial charge in [0.2, 0.25) is 15.9 Å². The average Bonchev–Trinajstić information content (AvgIpc) is 2.52. The van der Waals surface area contributed by atoms with E-state index in [2.05, 4.69) is 5.32 Å². The maximum Gasteiger partial charge on any atom is 0.232 e. The molecule has 0 saturated heterocycles. The van der Waals surface area contributed by atoms with Gasteiger partial charge >= 0.3 is 0 Å². The van der Waals surface area contributed by atoms with E-state index >= 15 is 0 Å². The van der Waals surface area contributed by atoms with Crippen LogP contribution in [-0.4, -0.2) is 27.1 Å². The van der Waals surface area contributed by atoms with Crippen LogP contribution in [0.4, 0.5) is 11.4 Å². The highest BCUT2D eigenvalue weighted by Gasteiger charge is 2.19. The number of carbonyl (C=O) groups is 1. The van der Waals surface area contributed by atoms with Gasteiger partial charge in [-0.3, -0.25) is 9.10 Å². The molecule has 1 N–H and O–H groups in total. The lowest BCUT2D eigenvalue weighted by Gasteiger charge is -2.23. The standard InChI is InChI=1S/C18H21ClN2O3S/c1-13-4-9-17(12-14(13)2)21(25(3,23)24)11-10-18(22)20-16-7-5-15(19)6-8-16/h4-9,12H,10-11H2,1-3H3,(H,20,22). The zero-order valence-electron chi connectivity index (χ0n) is 14.4. The minimum absolute atomic E-state index is 0.0443. The molecule has 0 heterocycles. The third kappa shape index (κ3) is 5.47. The van der Waals surface area contributed by atoms with Gasteiger partial charge in [0.15, 0.2) is 0 Å². The Morgan fingerprint density at radius 1 is 1.08 bits per heavy atom. The highest BCUT2D eigenvalue weighted by atomic mass is 35.5. The number of hydrogen-bond acceptors (Lipinski definition) is 3. The molecule has 0 aliphatic rings. The van der Waals surface area contributed by atoms with Crippen molar-refractivity contribution in [3.63, 3.8) is 0 Å². The minimum Gasteiger partial charge on any atom is -0.326 e. The summed E-state index contributed by atoms with van der Waals surface area (Å²) in [5, 5.41) is 3.31. The molecule has 25 heavy (non-hydrogen) atoms. The Kier molecular flexibility index (Phi) is 6.08. The predicted octanol–water partition coefficient (Wildman–Crippen LogP) is 3.75. The van der Waals surface area contributed by atoms with Gasteiger partial charge in [-0.15, -0.1) is 0 Å². The van der Waals surface area contributed by atoms with Gasteiger partial charge in [-0.1, -0.05) is 17.7 Å². The van der Waals surface area contributed by atoms with Crippen molar-refractivity contribution in [3.05, 3.63) is 58.6 Å². The van der Waals surface area contributed by atoms with Gasteiger partial charge in [0, 0.05) is 23.7 Å². The molecular weight excluding hydrogens is 360 g/mol. The van der Waals surface area contributed by atoms with Gasteiger partial charge in [0.05, 0.1) is 11.9 Å². The van der Waals surface area contributed by atoms with E-state index in [4.69, 9.17) is 11.6 Å². The Bertz CT molecular complexity index is 864. The third-order valence-corrected chi connectivity index (χ3v) is 5.29. The summed E-state index contributed by atoms with van der Waals surface area (Å²) >= 11 is 5.81. The fourth-order valence-electron chi connectivity index (χ4n) is 2.33. The maximum atomic E-state index is 12.1. The SMILES string of the molecule is Cc1ccc(N(CCC(=O)Nc2ccc(Cl)cc2)S(C)(=O)=O)cc1C. The fourth-order valence-corrected chi connectivity index (χ4v) is 3.37. The predicted molar refractivity (Wildman–Crippen MR) is 103 cm³/mol. The van der Waals surface area contributed by atoms with Crippen LogP contribution in [0.2, 0.25) is 5.02 Å². The van der Waals surface area contributed by atoms with Gasteiger partial charge in [-0.2, -0.15) is 0 Å². The number of rotatable bonds is 6. The second-order valence-electron chi connectivity index (χ2n) is 5.91. The van der Waals surface area contributed by atoms with Crippen molar-refractivity contribution in [2.24, 2.45) is 0 Å². The van der Waals surface area contributed by atoms with Crippen molar-refractivity contribution in [1.82, 2.24) is 0 Å². The lowest BCUT2D eigenvalue weighted by molar-refractivity contribution is -0.116. The molecule has 0 atom stereocenters. The Hall–Kier alpha value is -2.05. The molecule has 0 aliphatic carbocycles. The summed E-state index contributed by atoms with van der Waals surface area (Å²) in [5.74, 6) is -0.264. The average molecular weight is 381 g/mol. The molecule has 0 aliphatic heterocycles. The quantitative estimate of drug-likeness (QED) is 0.829. The second-order valence-corrected chi connectivity index (χ2v) is 8.25. The summed E-state index contributed by atoms with van der Waals surface area (Å²) in [6.07, 6.45) is 1.18. The summed E-state index contributed by atoms with van der Waals surface area (Å²) in [6.45, 7) is 3.96. The van der Waals surface area contributed by atoms with Crippen LogP contribution >= 0.6 is 11.6 Å². The zero-order valence-corrected chi connectivity index (χ0v) is 16.0. The van der Waals surface area contributed by atoms with E-state index in [-0.39, 0.29) is 18.9 Å². The molecule has 0 aromatic heterocycles. The van der Waals surface area contributed by atoms with Gasteiger partial charge < -0.3 is 5.32 Å². The lowest BCUT2D eigenvalue weighted by Crippen LogP contribution is -2.33. The van der Waals surface area contributed by atoms with Crippen LogP contribution in [0.5, 0.6) is 0 Å². The van der Waals surface area contributed by atoms with Crippen molar-refractivity contribution in [2.75, 3.05) is 22.4 Å². The maximum absolute atomic E-state index is 12.1. The van der Waals surface area contributed by atoms with Crippen LogP contribution in [0, 0.1) is 13.8 Å². The molecular formula is C18H21ClN2O3S. The van der Waals surface area contributed by atoms with Crippen molar-refractivity contribution < 1.29 is 13.2 Å². The summed E-state index contributed by atoms with van der Waals surface area (Å²) in [4.78, 5) is 12.1. The first-order valence-corrected chi connectivity index (χ1v) is 10.00. The first-order chi connectivity index (χ1) is 11.7. The molecule has 2 aromatic carbocycles. The lowest BCUT2D eigenvalue weighted by atomic mass is 10.1. The molecule has 0 saturated carbocycles. The van der Waals surface area contributed by atoms with E-state index < -0.39 is 10.0 Å². The van der Waals surface area contributed by atoms with Gasteiger partial charge in [-0.25, -0.2) is 8.42 Å². The number of halogens is 1. The number of anilines is 2. The first kappa shape index (κ1) is 19.3. The highest BCUT2D eigenvalue weighted by Crippen LogP contribution is 2.21. The van der Waals surface area contributed by atoms with E-state index in [1.54, 1.807) is 30.3 Å². The fraction of sp³-hybridized carbons (Fsp3) is 0.278. The van der Waals surface area contributed by atoms with E-state index in [1.165, 1.54) is 4.31 Å². The Labute approximate surface area is 153 Å². The summed E-state index contributed by atoms with van der Waals surface area (Å²) in [7, 11) is -3.49. The van der Waals surface area contributed by atoms with E-state index in [0.717, 1.165) is 17.4 Å². The molecule has 5 nitrogen and oxygen atoms in total. The van der Waals surface area contributed by atoms with Crippen LogP contribution in [-0.2, 0) is 14.8 Å². The van der Waals surface area contributed by atoms with Crippen LogP contribution in [0.15, 0.2) is 42.5 Å². The Balaban J connectivity index is 2.08. The van der Waals surface area contributed by atoms with Gasteiger partial charge in [0.25, 0.3) is 0 Å². The summed E-state index contributed by atoms with van der Waals surface area (Å²) in [6, 6.07) is 12.2. The summed E-state index contributed by atoms with van der Waals surface area (Å²) in [5.41, 5.74) is 3.26. The molecule has 2 rings (SSSR count). The van der Waals surface area contributed by atoms with Gasteiger partial charge in [0.1, 0.15) is 0 Å². The molecule has 0 fully saturated rings. The highest BCUT2D eigenvalue weighted by molar-refractivity contribution is 7.92. The third-order valence-electron chi connectivity index (χ3n) is 3.85. The van der Waals surface area contributed by atoms with Crippen molar-refractivity contribution in [3.8, 4) is 0 Å². The molecule has 7 heteroatoms. The number of nitrogens with one attached hydrogen (secondary N) is 1. The first-order valence-electron chi connectivity index (χ1n) is 7.77. The molecule has 0 spiro atoms. The number of amides is 1. The monoisotopic (exact) mass is 380 g/mol. The number of nitrogens with zero attached hydrogens (tertiary/aromatic N) is 1. The number of carbonyl (C=O) groups excluding carboxylic acids is 1. The Morgan fingerprint density at radius 2 is 1.72 bits per heavy atom. The molecule has 0 radical (unpaired) electrons. The van der Waals surface area contributed by atoms with Crippen LogP contribution in [0.1, 0.15) is 17.5 Å². The van der Waals surface area contributed by atoms with Crippen LogP contribution in [0.25, 0.3) is 0 Å². The van der Waals surface area contributed by atoms with E-state index in [1.807, 2.05) is 26.0 Å². The normalized spacial score (nSPS) is 11.2. The van der Waals surface area contributed by atoms with Crippen molar-refractivity contribution in [1.29, 1.82) is 0 Å². The smallest absolute Gasteiger partial charge is 0.232 e. The molecule has 0 unspecified atom stereocenters. The number of benzene rings is 2. The van der Waals surface area contributed by atoms with Crippen LogP contribution < -0.4 is 9.62 Å². The zero-order chi connectivity index (χ0) is 18.6. The number of sulfonamides is 1. The van der Waals surface area contributed by atoms with Crippen LogP contribution in [0.3, 0.4) is 0 Å². The van der Waals surface area contributed by atoms with Crippen molar-refractivity contribution in [2.45, 2.75) is 20.3 Å².